The van der Waals surface area contributed by atoms with Gasteiger partial charge in [-0.1, -0.05) is 0 Å². The van der Waals surface area contributed by atoms with Crippen LogP contribution in [-0.2, 0) is 0 Å². The molecule has 0 N–H and O–H groups in total. The highest BCUT2D eigenvalue weighted by Crippen LogP contribution is 2.53. The number of hydrogen-bond donors (Lipinski definition) is 0. The molecule has 2 bridgehead atoms. The Kier molecular flexibility index (Phi) is 1.22. The minimum absolute atomic E-state index is 0.469. The van der Waals surface area contributed by atoms with E-state index in [0.717, 1.165) is 12.3 Å². The highest BCUT2D eigenvalue weighted by atomic mass is 35.5. The average Bonchev–Trinajstić information content (AvgIpc) is 2.46. The Labute approximate surface area is 66.0 Å². The maximum absolute atomic E-state index is 8.77. The third kappa shape index (κ3) is 0.689. The van der Waals surface area contributed by atoms with Crippen molar-refractivity contribution in [1.29, 1.82) is 5.26 Å². The van der Waals surface area contributed by atoms with E-state index >= 15 is 0 Å². The first-order valence-electron chi connectivity index (χ1n) is 3.85. The lowest BCUT2D eigenvalue weighted by Gasteiger charge is -2.23. The van der Waals surface area contributed by atoms with Crippen LogP contribution in [0.4, 0.5) is 0 Å². The molecule has 2 aliphatic rings. The molecular weight excluding hydrogens is 146 g/mol. The van der Waals surface area contributed by atoms with Gasteiger partial charge >= 0.3 is 0 Å². The van der Waals surface area contributed by atoms with E-state index in [4.69, 9.17) is 16.9 Å². The molecule has 2 fully saturated rings. The molecule has 0 aromatic rings. The highest BCUT2D eigenvalue weighted by molar-refractivity contribution is 6.26. The Morgan fingerprint density at radius 2 is 2.30 bits per heavy atom. The molecule has 1 nitrogen and oxygen atoms in total. The molecule has 0 radical (unpaired) electrons. The Balaban J connectivity index is 2.24. The molecule has 0 aromatic heterocycles. The SMILES string of the molecule is N#C[C@@]1(Cl)C[C@H]2CC[C@H]1C2. The third-order valence-corrected chi connectivity index (χ3v) is 3.51. The van der Waals surface area contributed by atoms with Gasteiger partial charge in [-0.15, -0.1) is 11.6 Å². The first-order valence-corrected chi connectivity index (χ1v) is 4.22. The number of rotatable bonds is 0. The average molecular weight is 156 g/mol. The zero-order valence-corrected chi connectivity index (χ0v) is 6.56. The molecule has 0 amide bonds. The molecule has 2 heteroatoms. The lowest BCUT2D eigenvalue weighted by molar-refractivity contribution is 0.429. The monoisotopic (exact) mass is 155 g/mol. The fourth-order valence-corrected chi connectivity index (χ4v) is 2.82. The fraction of sp³-hybridized carbons (Fsp3) is 0.875. The van der Waals surface area contributed by atoms with Crippen LogP contribution in [0.15, 0.2) is 0 Å². The molecule has 2 rings (SSSR count). The second-order valence-electron chi connectivity index (χ2n) is 3.55. The fourth-order valence-electron chi connectivity index (χ4n) is 2.40. The molecule has 2 saturated carbocycles. The summed E-state index contributed by atoms with van der Waals surface area (Å²) in [5, 5.41) is 8.77. The Morgan fingerprint density at radius 1 is 1.50 bits per heavy atom. The van der Waals surface area contributed by atoms with Crippen molar-refractivity contribution in [3.63, 3.8) is 0 Å². The van der Waals surface area contributed by atoms with Gasteiger partial charge in [0.05, 0.1) is 6.07 Å². The molecule has 0 heterocycles. The number of nitrogens with zero attached hydrogens (tertiary/aromatic N) is 1. The minimum atomic E-state index is -0.469. The molecule has 0 spiro atoms. The van der Waals surface area contributed by atoms with Crippen molar-refractivity contribution >= 4 is 11.6 Å². The van der Waals surface area contributed by atoms with Crippen LogP contribution in [0.2, 0.25) is 0 Å². The van der Waals surface area contributed by atoms with Crippen LogP contribution < -0.4 is 0 Å². The predicted molar refractivity (Wildman–Crippen MR) is 39.6 cm³/mol. The van der Waals surface area contributed by atoms with Crippen molar-refractivity contribution in [2.24, 2.45) is 11.8 Å². The van der Waals surface area contributed by atoms with Crippen molar-refractivity contribution in [3.05, 3.63) is 0 Å². The van der Waals surface area contributed by atoms with E-state index < -0.39 is 4.87 Å². The first-order chi connectivity index (χ1) is 4.74. The normalized spacial score (nSPS) is 51.2. The molecule has 0 unspecified atom stereocenters. The lowest BCUT2D eigenvalue weighted by atomic mass is 9.89. The summed E-state index contributed by atoms with van der Waals surface area (Å²) in [5.41, 5.74) is 0. The van der Waals surface area contributed by atoms with Crippen LogP contribution in [0.3, 0.4) is 0 Å². The summed E-state index contributed by atoms with van der Waals surface area (Å²) in [5.74, 6) is 1.27. The summed E-state index contributed by atoms with van der Waals surface area (Å²) in [6.45, 7) is 0. The molecule has 2 aliphatic carbocycles. The number of alkyl halides is 1. The van der Waals surface area contributed by atoms with Gasteiger partial charge in [-0.3, -0.25) is 0 Å². The van der Waals surface area contributed by atoms with E-state index in [0.29, 0.717) is 5.92 Å². The van der Waals surface area contributed by atoms with E-state index in [1.54, 1.807) is 0 Å². The largest absolute Gasteiger partial charge is 0.196 e. The van der Waals surface area contributed by atoms with E-state index in [1.165, 1.54) is 19.3 Å². The summed E-state index contributed by atoms with van der Waals surface area (Å²) >= 11 is 6.09. The number of hydrogen-bond acceptors (Lipinski definition) is 1. The van der Waals surface area contributed by atoms with Gasteiger partial charge in [0.2, 0.25) is 0 Å². The second kappa shape index (κ2) is 1.89. The molecule has 3 atom stereocenters. The topological polar surface area (TPSA) is 23.8 Å². The lowest BCUT2D eigenvalue weighted by Crippen LogP contribution is -2.26. The van der Waals surface area contributed by atoms with E-state index in [2.05, 4.69) is 6.07 Å². The van der Waals surface area contributed by atoms with Gasteiger partial charge in [0, 0.05) is 0 Å². The quantitative estimate of drug-likeness (QED) is 0.493. The molecule has 0 aromatic carbocycles. The van der Waals surface area contributed by atoms with Crippen LogP contribution in [0.25, 0.3) is 0 Å². The highest BCUT2D eigenvalue weighted by Gasteiger charge is 2.50. The third-order valence-electron chi connectivity index (χ3n) is 2.96. The Hall–Kier alpha value is -0.220. The smallest absolute Gasteiger partial charge is 0.134 e. The Morgan fingerprint density at radius 3 is 2.60 bits per heavy atom. The number of nitriles is 1. The van der Waals surface area contributed by atoms with Crippen LogP contribution in [0, 0.1) is 23.2 Å². The van der Waals surface area contributed by atoms with Gasteiger partial charge in [-0.05, 0) is 37.5 Å². The van der Waals surface area contributed by atoms with Crippen molar-refractivity contribution in [2.75, 3.05) is 0 Å². The van der Waals surface area contributed by atoms with E-state index in [1.807, 2.05) is 0 Å². The standard InChI is InChI=1S/C8H10ClN/c9-8(5-10)4-6-1-2-7(8)3-6/h6-7H,1-4H2/t6-,7-,8-/m0/s1. The predicted octanol–water partition coefficient (Wildman–Crippen LogP) is 2.31. The van der Waals surface area contributed by atoms with Gasteiger partial charge < -0.3 is 0 Å². The minimum Gasteiger partial charge on any atom is -0.196 e. The van der Waals surface area contributed by atoms with Gasteiger partial charge in [-0.25, -0.2) is 0 Å². The van der Waals surface area contributed by atoms with E-state index in [-0.39, 0.29) is 0 Å². The molecule has 0 aliphatic heterocycles. The zero-order valence-electron chi connectivity index (χ0n) is 5.81. The number of fused-ring (bicyclic) bond motifs is 2. The summed E-state index contributed by atoms with van der Waals surface area (Å²) in [4.78, 5) is -0.469. The van der Waals surface area contributed by atoms with E-state index in [9.17, 15) is 0 Å². The van der Waals surface area contributed by atoms with Crippen LogP contribution >= 0.6 is 11.6 Å². The van der Waals surface area contributed by atoms with Crippen LogP contribution in [0.5, 0.6) is 0 Å². The summed E-state index contributed by atoms with van der Waals surface area (Å²) < 4.78 is 0. The molecular formula is C8H10ClN. The Bertz CT molecular complexity index is 196. The maximum atomic E-state index is 8.77. The van der Waals surface area contributed by atoms with Crippen molar-refractivity contribution in [1.82, 2.24) is 0 Å². The molecule has 0 saturated heterocycles. The maximum Gasteiger partial charge on any atom is 0.134 e. The van der Waals surface area contributed by atoms with Gasteiger partial charge in [0.25, 0.3) is 0 Å². The number of halogens is 1. The van der Waals surface area contributed by atoms with Crippen molar-refractivity contribution in [3.8, 4) is 6.07 Å². The van der Waals surface area contributed by atoms with Crippen molar-refractivity contribution < 1.29 is 0 Å². The molecule has 10 heavy (non-hydrogen) atoms. The van der Waals surface area contributed by atoms with Crippen molar-refractivity contribution in [2.45, 2.75) is 30.6 Å². The van der Waals surface area contributed by atoms with Gasteiger partial charge in [0.1, 0.15) is 4.87 Å². The van der Waals surface area contributed by atoms with Gasteiger partial charge in [0.15, 0.2) is 0 Å². The summed E-state index contributed by atoms with van der Waals surface area (Å²) in [7, 11) is 0. The zero-order chi connectivity index (χ0) is 7.19. The summed E-state index contributed by atoms with van der Waals surface area (Å²) in [6.07, 6.45) is 4.63. The van der Waals surface area contributed by atoms with Crippen LogP contribution in [0.1, 0.15) is 25.7 Å². The summed E-state index contributed by atoms with van der Waals surface area (Å²) in [6, 6.07) is 2.24. The second-order valence-corrected chi connectivity index (χ2v) is 4.23. The first kappa shape index (κ1) is 6.49. The van der Waals surface area contributed by atoms with Gasteiger partial charge in [-0.2, -0.15) is 5.26 Å². The molecule has 54 valence electrons. The van der Waals surface area contributed by atoms with Crippen LogP contribution in [-0.4, -0.2) is 4.87 Å².